The largest absolute Gasteiger partial charge is 0.340 e. The van der Waals surface area contributed by atoms with Crippen LogP contribution in [0.1, 0.15) is 6.42 Å². The zero-order chi connectivity index (χ0) is 14.6. The number of nitrogens with zero attached hydrogens (tertiary/aromatic N) is 3. The third-order valence-electron chi connectivity index (χ3n) is 3.80. The van der Waals surface area contributed by atoms with Gasteiger partial charge in [0, 0.05) is 65.3 Å². The van der Waals surface area contributed by atoms with Crippen LogP contribution in [-0.2, 0) is 15.0 Å². The summed E-state index contributed by atoms with van der Waals surface area (Å²) in [5.41, 5.74) is 0. The van der Waals surface area contributed by atoms with Crippen LogP contribution >= 0.6 is 12.4 Å². The van der Waals surface area contributed by atoms with Crippen molar-refractivity contribution in [2.75, 3.05) is 58.9 Å². The maximum absolute atomic E-state index is 12.0. The van der Waals surface area contributed by atoms with Crippen LogP contribution in [0.25, 0.3) is 0 Å². The molecule has 2 aliphatic heterocycles. The summed E-state index contributed by atoms with van der Waals surface area (Å²) in [6, 6.07) is 0. The first kappa shape index (κ1) is 18.6. The minimum absolute atomic E-state index is 0. The van der Waals surface area contributed by atoms with Gasteiger partial charge >= 0.3 is 0 Å². The molecule has 0 aromatic heterocycles. The van der Waals surface area contributed by atoms with E-state index in [4.69, 9.17) is 5.14 Å². The zero-order valence-corrected chi connectivity index (χ0v) is 13.7. The van der Waals surface area contributed by atoms with E-state index in [-0.39, 0.29) is 18.3 Å². The lowest BCUT2D eigenvalue weighted by atomic mass is 10.2. The average Bonchev–Trinajstić information content (AvgIpc) is 2.45. The first-order valence-corrected chi connectivity index (χ1v) is 8.46. The molecule has 0 aromatic carbocycles. The second kappa shape index (κ2) is 8.25. The molecule has 0 radical (unpaired) electrons. The van der Waals surface area contributed by atoms with Crippen LogP contribution in [0.5, 0.6) is 0 Å². The molecule has 2 saturated heterocycles. The Bertz CT molecular complexity index is 433. The highest BCUT2D eigenvalue weighted by atomic mass is 35.5. The van der Waals surface area contributed by atoms with Gasteiger partial charge in [-0.1, -0.05) is 0 Å². The number of amides is 1. The lowest BCUT2D eigenvalue weighted by Crippen LogP contribution is -2.51. The van der Waals surface area contributed by atoms with Gasteiger partial charge in [0.1, 0.15) is 0 Å². The third-order valence-corrected chi connectivity index (χ3v) is 4.89. The summed E-state index contributed by atoms with van der Waals surface area (Å²) in [6.07, 6.45) is 0.495. The number of nitrogens with one attached hydrogen (secondary N) is 1. The van der Waals surface area contributed by atoms with E-state index in [2.05, 4.69) is 10.2 Å². The highest BCUT2D eigenvalue weighted by Crippen LogP contribution is 2.06. The summed E-state index contributed by atoms with van der Waals surface area (Å²) in [5, 5.41) is 8.30. The zero-order valence-electron chi connectivity index (χ0n) is 12.0. The molecule has 0 aromatic rings. The Balaban J connectivity index is 0.00000220. The molecule has 124 valence electrons. The summed E-state index contributed by atoms with van der Waals surface area (Å²) in [5.74, 6) is 0.181. The first-order valence-electron chi connectivity index (χ1n) is 6.95. The van der Waals surface area contributed by atoms with Crippen LogP contribution in [0.3, 0.4) is 0 Å². The van der Waals surface area contributed by atoms with E-state index in [9.17, 15) is 13.2 Å². The van der Waals surface area contributed by atoms with E-state index >= 15 is 0 Å². The summed E-state index contributed by atoms with van der Waals surface area (Å²) in [4.78, 5) is 16.0. The lowest BCUT2D eigenvalue weighted by molar-refractivity contribution is -0.132. The molecular formula is C11H24ClN5O3S. The van der Waals surface area contributed by atoms with Crippen LogP contribution in [0.2, 0.25) is 0 Å². The normalized spacial score (nSPS) is 21.9. The van der Waals surface area contributed by atoms with Gasteiger partial charge in [-0.25, -0.2) is 5.14 Å². The van der Waals surface area contributed by atoms with Crippen LogP contribution in [0.15, 0.2) is 0 Å². The molecule has 2 heterocycles. The fourth-order valence-corrected chi connectivity index (χ4v) is 3.21. The van der Waals surface area contributed by atoms with Crippen molar-refractivity contribution in [3.05, 3.63) is 0 Å². The smallest absolute Gasteiger partial charge is 0.276 e. The Morgan fingerprint density at radius 3 is 2.14 bits per heavy atom. The number of piperazine rings is 2. The lowest BCUT2D eigenvalue weighted by Gasteiger charge is -2.33. The second-order valence-electron chi connectivity index (χ2n) is 5.17. The Hall–Kier alpha value is -0.450. The topological polar surface area (TPSA) is 99.0 Å². The molecule has 0 atom stereocenters. The molecule has 10 heteroatoms. The highest BCUT2D eigenvalue weighted by Gasteiger charge is 2.24. The fraction of sp³-hybridized carbons (Fsp3) is 0.909. The number of carbonyl (C=O) groups is 1. The number of hydrogen-bond acceptors (Lipinski definition) is 5. The maximum atomic E-state index is 12.0. The molecule has 2 aliphatic rings. The monoisotopic (exact) mass is 341 g/mol. The van der Waals surface area contributed by atoms with Crippen LogP contribution < -0.4 is 10.5 Å². The number of hydrogen-bond donors (Lipinski definition) is 2. The number of rotatable bonds is 4. The Morgan fingerprint density at radius 1 is 1.05 bits per heavy atom. The van der Waals surface area contributed by atoms with E-state index < -0.39 is 10.2 Å². The predicted octanol–water partition coefficient (Wildman–Crippen LogP) is -1.95. The minimum Gasteiger partial charge on any atom is -0.340 e. The maximum Gasteiger partial charge on any atom is 0.276 e. The molecule has 0 saturated carbocycles. The Morgan fingerprint density at radius 2 is 1.62 bits per heavy atom. The van der Waals surface area contributed by atoms with Gasteiger partial charge in [-0.2, -0.15) is 12.7 Å². The van der Waals surface area contributed by atoms with Gasteiger partial charge in [-0.3, -0.25) is 4.79 Å². The van der Waals surface area contributed by atoms with E-state index in [1.807, 2.05) is 4.90 Å². The molecule has 1 amide bonds. The van der Waals surface area contributed by atoms with Crippen molar-refractivity contribution < 1.29 is 13.2 Å². The van der Waals surface area contributed by atoms with Crippen LogP contribution in [0, 0.1) is 0 Å². The van der Waals surface area contributed by atoms with E-state index in [1.54, 1.807) is 0 Å². The summed E-state index contributed by atoms with van der Waals surface area (Å²) < 4.78 is 23.6. The van der Waals surface area contributed by atoms with Crippen molar-refractivity contribution in [1.29, 1.82) is 0 Å². The van der Waals surface area contributed by atoms with Crippen LogP contribution in [0.4, 0.5) is 0 Å². The van der Waals surface area contributed by atoms with Crippen molar-refractivity contribution in [3.63, 3.8) is 0 Å². The minimum atomic E-state index is -3.57. The molecule has 3 N–H and O–H groups in total. The SMILES string of the molecule is Cl.NS(=O)(=O)N1CCN(CCC(=O)N2CCNCC2)CC1. The second-order valence-corrected chi connectivity index (χ2v) is 6.71. The molecule has 2 fully saturated rings. The molecule has 8 nitrogen and oxygen atoms in total. The van der Waals surface area contributed by atoms with E-state index in [1.165, 1.54) is 4.31 Å². The Labute approximate surface area is 132 Å². The van der Waals surface area contributed by atoms with Crippen molar-refractivity contribution in [3.8, 4) is 0 Å². The standard InChI is InChI=1S/C11H23N5O3S.ClH/c12-20(18,19)16-9-7-14(8-10-16)4-1-11(17)15-5-2-13-3-6-15;/h13H,1-10H2,(H2,12,18,19);1H. The highest BCUT2D eigenvalue weighted by molar-refractivity contribution is 7.86. The van der Waals surface area contributed by atoms with Crippen molar-refractivity contribution in [2.24, 2.45) is 5.14 Å². The van der Waals surface area contributed by atoms with Crippen molar-refractivity contribution >= 4 is 28.5 Å². The third kappa shape index (κ3) is 5.68. The van der Waals surface area contributed by atoms with Gasteiger partial charge in [-0.05, 0) is 0 Å². The van der Waals surface area contributed by atoms with E-state index in [0.717, 1.165) is 26.2 Å². The summed E-state index contributed by atoms with van der Waals surface area (Å²) in [7, 11) is -3.57. The molecule has 2 rings (SSSR count). The Kier molecular flexibility index (Phi) is 7.31. The number of carbonyl (C=O) groups excluding carboxylic acids is 1. The van der Waals surface area contributed by atoms with Crippen LogP contribution in [-0.4, -0.2) is 87.3 Å². The van der Waals surface area contributed by atoms with Gasteiger partial charge in [-0.15, -0.1) is 12.4 Å². The number of nitrogens with two attached hydrogens (primary N) is 1. The van der Waals surface area contributed by atoms with Crippen molar-refractivity contribution in [2.45, 2.75) is 6.42 Å². The van der Waals surface area contributed by atoms with Gasteiger partial charge < -0.3 is 15.1 Å². The van der Waals surface area contributed by atoms with Gasteiger partial charge in [0.2, 0.25) is 5.91 Å². The number of halogens is 1. The fourth-order valence-electron chi connectivity index (χ4n) is 2.53. The molecular weight excluding hydrogens is 318 g/mol. The quantitative estimate of drug-likeness (QED) is 0.619. The van der Waals surface area contributed by atoms with E-state index in [0.29, 0.717) is 39.1 Å². The molecule has 0 aliphatic carbocycles. The first-order chi connectivity index (χ1) is 9.47. The average molecular weight is 342 g/mol. The molecule has 0 unspecified atom stereocenters. The van der Waals surface area contributed by atoms with Gasteiger partial charge in [0.15, 0.2) is 0 Å². The van der Waals surface area contributed by atoms with Gasteiger partial charge in [0.05, 0.1) is 0 Å². The molecule has 0 bridgehead atoms. The van der Waals surface area contributed by atoms with Crippen molar-refractivity contribution in [1.82, 2.24) is 19.4 Å². The summed E-state index contributed by atoms with van der Waals surface area (Å²) in [6.45, 7) is 6.02. The molecule has 0 spiro atoms. The molecule has 21 heavy (non-hydrogen) atoms. The predicted molar refractivity (Wildman–Crippen MR) is 82.4 cm³/mol. The summed E-state index contributed by atoms with van der Waals surface area (Å²) >= 11 is 0. The van der Waals surface area contributed by atoms with Gasteiger partial charge in [0.25, 0.3) is 10.2 Å².